The van der Waals surface area contributed by atoms with Crippen LogP contribution in [0.1, 0.15) is 30.3 Å². The molecule has 1 aromatic heterocycles. The first kappa shape index (κ1) is 16.9. The lowest BCUT2D eigenvalue weighted by Crippen LogP contribution is -2.25. The summed E-state index contributed by atoms with van der Waals surface area (Å²) < 4.78 is 40.4. The zero-order valence-corrected chi connectivity index (χ0v) is 14.5. The minimum Gasteiger partial charge on any atom is -0.361 e. The molecule has 2 aromatic rings. The maximum Gasteiger partial charge on any atom is 0.240 e. The second kappa shape index (κ2) is 6.49. The molecule has 7 heteroatoms. The predicted molar refractivity (Wildman–Crippen MR) is 90.9 cm³/mol. The van der Waals surface area contributed by atoms with Gasteiger partial charge in [0.1, 0.15) is 5.82 Å². The van der Waals surface area contributed by atoms with Crippen molar-refractivity contribution in [1.29, 1.82) is 0 Å². The van der Waals surface area contributed by atoms with E-state index in [-0.39, 0.29) is 10.9 Å². The van der Waals surface area contributed by atoms with Gasteiger partial charge in [-0.3, -0.25) is 4.98 Å². The number of anilines is 1. The van der Waals surface area contributed by atoms with Gasteiger partial charge in [0, 0.05) is 12.2 Å². The first-order valence-corrected chi connectivity index (χ1v) is 9.34. The standard InChI is InChI=1S/C17H20FN3O2S/c1-12-5-3-6-15(20-12)17-7-4-10-21(17)16-9-8-13(11-14(16)18)24(22,23)19-2/h3,5-6,8-9,11,17,19H,4,7,10H2,1-2H3/t17-/m0/s1. The van der Waals surface area contributed by atoms with Crippen LogP contribution in [-0.2, 0) is 10.0 Å². The van der Waals surface area contributed by atoms with Crippen molar-refractivity contribution in [2.75, 3.05) is 18.5 Å². The maximum atomic E-state index is 14.6. The molecule has 5 nitrogen and oxygen atoms in total. The zero-order valence-electron chi connectivity index (χ0n) is 13.7. The first-order chi connectivity index (χ1) is 11.4. The van der Waals surface area contributed by atoms with Gasteiger partial charge in [0.25, 0.3) is 0 Å². The average Bonchev–Trinajstić information content (AvgIpc) is 3.04. The van der Waals surface area contributed by atoms with Gasteiger partial charge in [0.15, 0.2) is 0 Å². The summed E-state index contributed by atoms with van der Waals surface area (Å²) in [6.07, 6.45) is 1.84. The average molecular weight is 349 g/mol. The van der Waals surface area contributed by atoms with Crippen LogP contribution in [0.2, 0.25) is 0 Å². The molecule has 1 fully saturated rings. The van der Waals surface area contributed by atoms with Crippen LogP contribution in [0.15, 0.2) is 41.3 Å². The highest BCUT2D eigenvalue weighted by Crippen LogP contribution is 2.37. The molecule has 1 N–H and O–H groups in total. The largest absolute Gasteiger partial charge is 0.361 e. The Bertz CT molecular complexity index is 855. The summed E-state index contributed by atoms with van der Waals surface area (Å²) in [5.41, 5.74) is 2.25. The van der Waals surface area contributed by atoms with Gasteiger partial charge in [0.05, 0.1) is 22.3 Å². The minimum atomic E-state index is -3.65. The smallest absolute Gasteiger partial charge is 0.240 e. The van der Waals surface area contributed by atoms with Gasteiger partial charge in [-0.25, -0.2) is 17.5 Å². The molecule has 0 aliphatic carbocycles. The maximum absolute atomic E-state index is 14.6. The highest BCUT2D eigenvalue weighted by molar-refractivity contribution is 7.89. The number of sulfonamides is 1. The monoisotopic (exact) mass is 349 g/mol. The van der Waals surface area contributed by atoms with Crippen molar-refractivity contribution in [3.8, 4) is 0 Å². The predicted octanol–water partition coefficient (Wildman–Crippen LogP) is 2.78. The van der Waals surface area contributed by atoms with Gasteiger partial charge in [-0.2, -0.15) is 0 Å². The molecule has 0 amide bonds. The number of aryl methyl sites for hydroxylation is 1. The molecule has 0 unspecified atom stereocenters. The van der Waals surface area contributed by atoms with E-state index in [1.54, 1.807) is 0 Å². The van der Waals surface area contributed by atoms with Crippen molar-refractivity contribution >= 4 is 15.7 Å². The van der Waals surface area contributed by atoms with Crippen LogP contribution in [0.4, 0.5) is 10.1 Å². The van der Waals surface area contributed by atoms with Crippen LogP contribution < -0.4 is 9.62 Å². The van der Waals surface area contributed by atoms with Crippen molar-refractivity contribution in [2.45, 2.75) is 30.7 Å². The lowest BCUT2D eigenvalue weighted by atomic mass is 10.1. The number of aromatic nitrogens is 1. The van der Waals surface area contributed by atoms with Gasteiger partial charge in [-0.1, -0.05) is 6.07 Å². The zero-order chi connectivity index (χ0) is 17.3. The molecule has 1 aromatic carbocycles. The third kappa shape index (κ3) is 3.14. The summed E-state index contributed by atoms with van der Waals surface area (Å²) in [5, 5.41) is 0. The summed E-state index contributed by atoms with van der Waals surface area (Å²) in [6, 6.07) is 9.88. The van der Waals surface area contributed by atoms with Crippen molar-refractivity contribution in [3.63, 3.8) is 0 Å². The van der Waals surface area contributed by atoms with E-state index >= 15 is 0 Å². The van der Waals surface area contributed by atoms with E-state index in [1.165, 1.54) is 19.2 Å². The normalized spacial score (nSPS) is 18.1. The Balaban J connectivity index is 1.96. The van der Waals surface area contributed by atoms with Crippen LogP contribution in [0, 0.1) is 12.7 Å². The molecule has 2 heterocycles. The van der Waals surface area contributed by atoms with Gasteiger partial charge in [0.2, 0.25) is 10.0 Å². The Hall–Kier alpha value is -1.99. The molecule has 1 saturated heterocycles. The topological polar surface area (TPSA) is 62.3 Å². The Morgan fingerprint density at radius 3 is 2.75 bits per heavy atom. The van der Waals surface area contributed by atoms with Crippen LogP contribution in [-0.4, -0.2) is 27.0 Å². The van der Waals surface area contributed by atoms with E-state index in [9.17, 15) is 12.8 Å². The number of nitrogens with one attached hydrogen (secondary N) is 1. The van der Waals surface area contributed by atoms with E-state index in [2.05, 4.69) is 9.71 Å². The van der Waals surface area contributed by atoms with Gasteiger partial charge in [-0.15, -0.1) is 0 Å². The van der Waals surface area contributed by atoms with Crippen LogP contribution >= 0.6 is 0 Å². The Morgan fingerprint density at radius 1 is 1.29 bits per heavy atom. The number of hydrogen-bond acceptors (Lipinski definition) is 4. The molecular formula is C17H20FN3O2S. The fraction of sp³-hybridized carbons (Fsp3) is 0.353. The number of rotatable bonds is 4. The van der Waals surface area contributed by atoms with E-state index in [4.69, 9.17) is 0 Å². The Morgan fingerprint density at radius 2 is 2.08 bits per heavy atom. The lowest BCUT2D eigenvalue weighted by Gasteiger charge is -2.27. The SMILES string of the molecule is CNS(=O)(=O)c1ccc(N2CCC[C@H]2c2cccc(C)n2)c(F)c1. The highest BCUT2D eigenvalue weighted by atomic mass is 32.2. The van der Waals surface area contributed by atoms with Crippen molar-refractivity contribution < 1.29 is 12.8 Å². The number of halogens is 1. The summed E-state index contributed by atoms with van der Waals surface area (Å²) in [6.45, 7) is 2.65. The molecule has 24 heavy (non-hydrogen) atoms. The quantitative estimate of drug-likeness (QED) is 0.922. The van der Waals surface area contributed by atoms with Crippen molar-refractivity contribution in [2.24, 2.45) is 0 Å². The third-order valence-electron chi connectivity index (χ3n) is 4.31. The number of pyridine rings is 1. The molecule has 0 bridgehead atoms. The van der Waals surface area contributed by atoms with Crippen molar-refractivity contribution in [1.82, 2.24) is 9.71 Å². The van der Waals surface area contributed by atoms with E-state index < -0.39 is 15.8 Å². The summed E-state index contributed by atoms with van der Waals surface area (Å²) in [7, 11) is -2.35. The van der Waals surface area contributed by atoms with Gasteiger partial charge in [-0.05, 0) is 57.1 Å². The van der Waals surface area contributed by atoms with Gasteiger partial charge >= 0.3 is 0 Å². The Labute approximate surface area is 141 Å². The number of hydrogen-bond donors (Lipinski definition) is 1. The summed E-state index contributed by atoms with van der Waals surface area (Å²) in [5.74, 6) is -0.536. The van der Waals surface area contributed by atoms with Crippen LogP contribution in [0.3, 0.4) is 0 Å². The minimum absolute atomic E-state index is 0.00570. The molecular weight excluding hydrogens is 329 g/mol. The lowest BCUT2D eigenvalue weighted by molar-refractivity contribution is 0.581. The molecule has 3 rings (SSSR count). The third-order valence-corrected chi connectivity index (χ3v) is 5.72. The Kier molecular flexibility index (Phi) is 4.56. The van der Waals surface area contributed by atoms with Gasteiger partial charge < -0.3 is 4.90 Å². The molecule has 1 atom stereocenters. The number of benzene rings is 1. The fourth-order valence-electron chi connectivity index (χ4n) is 3.12. The highest BCUT2D eigenvalue weighted by Gasteiger charge is 2.29. The summed E-state index contributed by atoms with van der Waals surface area (Å²) in [4.78, 5) is 6.45. The first-order valence-electron chi connectivity index (χ1n) is 7.85. The molecule has 1 aliphatic heterocycles. The van der Waals surface area contributed by atoms with Crippen LogP contribution in [0.25, 0.3) is 0 Å². The van der Waals surface area contributed by atoms with E-state index in [1.807, 2.05) is 30.0 Å². The molecule has 0 radical (unpaired) electrons. The van der Waals surface area contributed by atoms with E-state index in [0.717, 1.165) is 36.8 Å². The van der Waals surface area contributed by atoms with E-state index in [0.29, 0.717) is 5.69 Å². The molecule has 0 spiro atoms. The van der Waals surface area contributed by atoms with Crippen molar-refractivity contribution in [3.05, 3.63) is 53.6 Å². The fourth-order valence-corrected chi connectivity index (χ4v) is 3.86. The van der Waals surface area contributed by atoms with Crippen LogP contribution in [0.5, 0.6) is 0 Å². The molecule has 1 aliphatic rings. The summed E-state index contributed by atoms with van der Waals surface area (Å²) >= 11 is 0. The molecule has 128 valence electrons. The second-order valence-electron chi connectivity index (χ2n) is 5.88. The number of nitrogens with zero attached hydrogens (tertiary/aromatic N) is 2. The second-order valence-corrected chi connectivity index (χ2v) is 7.76. The molecule has 0 saturated carbocycles.